The van der Waals surface area contributed by atoms with Gasteiger partial charge in [-0.3, -0.25) is 9.78 Å². The highest BCUT2D eigenvalue weighted by molar-refractivity contribution is 7.89. The monoisotopic (exact) mass is 461 g/mol. The summed E-state index contributed by atoms with van der Waals surface area (Å²) in [5, 5.41) is 2.19. The second-order valence-corrected chi connectivity index (χ2v) is 9.26. The molecule has 0 bridgehead atoms. The highest BCUT2D eigenvalue weighted by Crippen LogP contribution is 2.36. The van der Waals surface area contributed by atoms with E-state index in [4.69, 9.17) is 11.6 Å². The van der Waals surface area contributed by atoms with Crippen LogP contribution in [0.5, 0.6) is 0 Å². The van der Waals surface area contributed by atoms with Gasteiger partial charge in [0, 0.05) is 32.0 Å². The van der Waals surface area contributed by atoms with Crippen LogP contribution < -0.4 is 5.32 Å². The maximum Gasteiger partial charge on any atom is 0.417 e. The Balaban J connectivity index is 1.73. The Morgan fingerprint density at radius 1 is 1.23 bits per heavy atom. The van der Waals surface area contributed by atoms with E-state index in [1.165, 1.54) is 0 Å². The van der Waals surface area contributed by atoms with E-state index in [2.05, 4.69) is 10.3 Å². The molecule has 1 fully saturated rings. The molecule has 1 amide bonds. The molecule has 0 aliphatic carbocycles. The maximum atomic E-state index is 13.1. The number of piperidine rings is 1. The van der Waals surface area contributed by atoms with E-state index in [9.17, 15) is 26.4 Å². The Labute approximate surface area is 177 Å². The van der Waals surface area contributed by atoms with Crippen LogP contribution in [0, 0.1) is 5.92 Å². The lowest BCUT2D eigenvalue weighted by Gasteiger charge is -2.31. The van der Waals surface area contributed by atoms with Gasteiger partial charge in [-0.1, -0.05) is 11.6 Å². The van der Waals surface area contributed by atoms with E-state index in [-0.39, 0.29) is 25.5 Å². The summed E-state index contributed by atoms with van der Waals surface area (Å²) in [7, 11) is -4.21. The van der Waals surface area contributed by atoms with Crippen molar-refractivity contribution in [1.29, 1.82) is 0 Å². The van der Waals surface area contributed by atoms with Crippen molar-refractivity contribution >= 4 is 27.5 Å². The summed E-state index contributed by atoms with van der Waals surface area (Å²) < 4.78 is 66.2. The minimum atomic E-state index is -4.78. The highest BCUT2D eigenvalue weighted by Gasteiger charge is 2.37. The summed E-state index contributed by atoms with van der Waals surface area (Å²) in [6.07, 6.45) is -0.676. The maximum absolute atomic E-state index is 13.1. The molecule has 0 saturated carbocycles. The van der Waals surface area contributed by atoms with Gasteiger partial charge in [0.1, 0.15) is 0 Å². The number of hydrogen-bond acceptors (Lipinski definition) is 4. The van der Waals surface area contributed by atoms with E-state index in [1.54, 1.807) is 24.5 Å². The number of carbonyl (C=O) groups is 1. The van der Waals surface area contributed by atoms with E-state index >= 15 is 0 Å². The van der Waals surface area contributed by atoms with Crippen molar-refractivity contribution in [2.24, 2.45) is 5.92 Å². The van der Waals surface area contributed by atoms with E-state index < -0.39 is 37.6 Å². The molecule has 1 saturated heterocycles. The smallest absolute Gasteiger partial charge is 0.352 e. The van der Waals surface area contributed by atoms with Gasteiger partial charge in [-0.05, 0) is 48.7 Å². The number of benzene rings is 1. The molecule has 1 aromatic carbocycles. The van der Waals surface area contributed by atoms with Gasteiger partial charge in [-0.2, -0.15) is 17.5 Å². The zero-order valence-corrected chi connectivity index (χ0v) is 17.3. The predicted molar refractivity (Wildman–Crippen MR) is 104 cm³/mol. The predicted octanol–water partition coefficient (Wildman–Crippen LogP) is 3.47. The average molecular weight is 462 g/mol. The topological polar surface area (TPSA) is 79.4 Å². The van der Waals surface area contributed by atoms with Gasteiger partial charge < -0.3 is 5.32 Å². The first-order valence-electron chi connectivity index (χ1n) is 9.12. The van der Waals surface area contributed by atoms with Crippen molar-refractivity contribution in [3.63, 3.8) is 0 Å². The second kappa shape index (κ2) is 8.91. The summed E-state index contributed by atoms with van der Waals surface area (Å²) >= 11 is 5.58. The van der Waals surface area contributed by atoms with E-state index in [1.807, 2.05) is 0 Å². The molecule has 3 rings (SSSR count). The van der Waals surface area contributed by atoms with Crippen LogP contribution in [-0.4, -0.2) is 36.7 Å². The van der Waals surface area contributed by atoms with Gasteiger partial charge >= 0.3 is 6.18 Å². The number of rotatable bonds is 5. The molecule has 0 unspecified atom stereocenters. The van der Waals surface area contributed by atoms with Crippen LogP contribution in [0.25, 0.3) is 0 Å². The standard InChI is InChI=1S/C19H19ClF3N3O3S/c20-17-4-3-15(10-16(17)19(21,22)23)30(28,29)26-9-1-2-14(12-26)18(27)25-11-13-5-7-24-8-6-13/h3-8,10,14H,1-2,9,11-12H2,(H,25,27)/t14-/m0/s1. The number of pyridine rings is 1. The van der Waals surface area contributed by atoms with Crippen LogP contribution in [0.2, 0.25) is 5.02 Å². The number of amides is 1. The van der Waals surface area contributed by atoms with Crippen LogP contribution in [0.3, 0.4) is 0 Å². The molecular weight excluding hydrogens is 443 g/mol. The number of hydrogen-bond donors (Lipinski definition) is 1. The molecule has 1 aliphatic heterocycles. The van der Waals surface area contributed by atoms with Crippen LogP contribution in [0.15, 0.2) is 47.6 Å². The quantitative estimate of drug-likeness (QED) is 0.739. The van der Waals surface area contributed by atoms with Crippen molar-refractivity contribution < 1.29 is 26.4 Å². The molecule has 6 nitrogen and oxygen atoms in total. The minimum Gasteiger partial charge on any atom is -0.352 e. The summed E-state index contributed by atoms with van der Waals surface area (Å²) in [4.78, 5) is 15.9. The fourth-order valence-corrected chi connectivity index (χ4v) is 5.02. The Hall–Kier alpha value is -2.17. The van der Waals surface area contributed by atoms with E-state index in [0.717, 1.165) is 22.0 Å². The fraction of sp³-hybridized carbons (Fsp3) is 0.368. The lowest BCUT2D eigenvalue weighted by molar-refractivity contribution is -0.137. The van der Waals surface area contributed by atoms with Crippen LogP contribution in [-0.2, 0) is 27.5 Å². The molecule has 2 heterocycles. The van der Waals surface area contributed by atoms with Crippen molar-refractivity contribution in [3.8, 4) is 0 Å². The lowest BCUT2D eigenvalue weighted by atomic mass is 9.99. The first-order valence-corrected chi connectivity index (χ1v) is 10.9. The molecule has 1 N–H and O–H groups in total. The van der Waals surface area contributed by atoms with E-state index in [0.29, 0.717) is 18.9 Å². The Morgan fingerprint density at radius 2 is 1.93 bits per heavy atom. The molecular formula is C19H19ClF3N3O3S. The van der Waals surface area contributed by atoms with Crippen molar-refractivity contribution in [2.45, 2.75) is 30.5 Å². The number of sulfonamides is 1. The number of carbonyl (C=O) groups excluding carboxylic acids is 1. The van der Waals surface area contributed by atoms with Crippen LogP contribution >= 0.6 is 11.6 Å². The van der Waals surface area contributed by atoms with Crippen molar-refractivity contribution in [2.75, 3.05) is 13.1 Å². The number of aromatic nitrogens is 1. The third-order valence-corrected chi connectivity index (χ3v) is 7.04. The Bertz CT molecular complexity index is 1020. The first kappa shape index (κ1) is 22.5. The third-order valence-electron chi connectivity index (χ3n) is 4.85. The molecule has 0 spiro atoms. The van der Waals surface area contributed by atoms with Gasteiger partial charge in [0.2, 0.25) is 15.9 Å². The number of halogens is 4. The van der Waals surface area contributed by atoms with Gasteiger partial charge in [0.05, 0.1) is 21.4 Å². The Kier molecular flexibility index (Phi) is 6.68. The van der Waals surface area contributed by atoms with Crippen LogP contribution in [0.1, 0.15) is 24.0 Å². The summed E-state index contributed by atoms with van der Waals surface area (Å²) in [5.41, 5.74) is -0.367. The molecule has 30 heavy (non-hydrogen) atoms. The van der Waals surface area contributed by atoms with Gasteiger partial charge in [0.25, 0.3) is 0 Å². The second-order valence-electron chi connectivity index (χ2n) is 6.91. The molecule has 0 radical (unpaired) electrons. The molecule has 2 aromatic rings. The summed E-state index contributed by atoms with van der Waals surface area (Å²) in [5.74, 6) is -0.899. The summed E-state index contributed by atoms with van der Waals surface area (Å²) in [6.45, 7) is 0.297. The third kappa shape index (κ3) is 5.11. The average Bonchev–Trinajstić information content (AvgIpc) is 2.72. The van der Waals surface area contributed by atoms with Gasteiger partial charge in [-0.15, -0.1) is 0 Å². The molecule has 162 valence electrons. The molecule has 1 atom stereocenters. The lowest BCUT2D eigenvalue weighted by Crippen LogP contribution is -2.45. The minimum absolute atomic E-state index is 0.103. The van der Waals surface area contributed by atoms with Gasteiger partial charge in [0.15, 0.2) is 0 Å². The van der Waals surface area contributed by atoms with Crippen molar-refractivity contribution in [1.82, 2.24) is 14.6 Å². The highest BCUT2D eigenvalue weighted by atomic mass is 35.5. The first-order chi connectivity index (χ1) is 14.1. The molecule has 1 aliphatic rings. The molecule has 11 heteroatoms. The SMILES string of the molecule is O=C(NCc1ccncc1)[C@H]1CCCN(S(=O)(=O)c2ccc(Cl)c(C(F)(F)F)c2)C1. The Morgan fingerprint density at radius 3 is 2.60 bits per heavy atom. The number of nitrogens with zero attached hydrogens (tertiary/aromatic N) is 2. The van der Waals surface area contributed by atoms with Gasteiger partial charge in [-0.25, -0.2) is 8.42 Å². The fourth-order valence-electron chi connectivity index (χ4n) is 3.24. The largest absolute Gasteiger partial charge is 0.417 e. The zero-order valence-electron chi connectivity index (χ0n) is 15.7. The summed E-state index contributed by atoms with van der Waals surface area (Å²) in [6, 6.07) is 5.98. The number of nitrogens with one attached hydrogen (secondary N) is 1. The van der Waals surface area contributed by atoms with Crippen LogP contribution in [0.4, 0.5) is 13.2 Å². The van der Waals surface area contributed by atoms with Crippen molar-refractivity contribution in [3.05, 3.63) is 58.9 Å². The normalized spacial score (nSPS) is 18.2. The molecule has 1 aromatic heterocycles. The zero-order chi connectivity index (χ0) is 21.9. The number of alkyl halides is 3.